The lowest BCUT2D eigenvalue weighted by atomic mass is 10.2. The van der Waals surface area contributed by atoms with E-state index in [1.165, 1.54) is 11.8 Å². The Kier molecular flexibility index (Phi) is 4.59. The zero-order valence-corrected chi connectivity index (χ0v) is 12.5. The number of thioether (sulfide) groups is 1. The Hall–Kier alpha value is -2.35. The van der Waals surface area contributed by atoms with Gasteiger partial charge in [0.2, 0.25) is 17.8 Å². The molecule has 0 spiro atoms. The van der Waals surface area contributed by atoms with Gasteiger partial charge in [-0.1, -0.05) is 29.5 Å². The van der Waals surface area contributed by atoms with Gasteiger partial charge in [0.05, 0.1) is 5.25 Å². The van der Waals surface area contributed by atoms with Crippen LogP contribution in [0.5, 0.6) is 0 Å². The number of nitrogens with one attached hydrogen (secondary N) is 1. The van der Waals surface area contributed by atoms with Crippen molar-refractivity contribution in [3.63, 3.8) is 0 Å². The summed E-state index contributed by atoms with van der Waals surface area (Å²) < 4.78 is 0. The molecule has 110 valence electrons. The molecule has 1 aromatic heterocycles. The molecule has 1 amide bonds. The fourth-order valence-corrected chi connectivity index (χ4v) is 2.31. The molecular weight excluding hydrogens is 288 g/mol. The smallest absolute Gasteiger partial charge is 0.237 e. The van der Waals surface area contributed by atoms with Gasteiger partial charge in [-0.25, -0.2) is 0 Å². The van der Waals surface area contributed by atoms with Crippen LogP contribution < -0.4 is 16.8 Å². The van der Waals surface area contributed by atoms with Gasteiger partial charge in [0.15, 0.2) is 5.16 Å². The molecule has 0 aliphatic heterocycles. The number of nitrogens with zero attached hydrogens (tertiary/aromatic N) is 3. The molecule has 5 N–H and O–H groups in total. The highest BCUT2D eigenvalue weighted by Crippen LogP contribution is 2.21. The van der Waals surface area contributed by atoms with Crippen LogP contribution in [0.2, 0.25) is 0 Å². The second-order valence-corrected chi connectivity index (χ2v) is 5.76. The van der Waals surface area contributed by atoms with Gasteiger partial charge >= 0.3 is 0 Å². The van der Waals surface area contributed by atoms with Gasteiger partial charge in [-0.05, 0) is 26.0 Å². The molecular formula is C13H16N6OS. The SMILES string of the molecule is Cc1ccc(NC(=O)[C@H](C)Sc2nc(N)nc(N)n2)cc1. The number of benzene rings is 1. The van der Waals surface area contributed by atoms with Gasteiger partial charge in [-0.3, -0.25) is 4.79 Å². The number of hydrogen-bond donors (Lipinski definition) is 3. The summed E-state index contributed by atoms with van der Waals surface area (Å²) in [6.07, 6.45) is 0. The molecule has 2 rings (SSSR count). The zero-order valence-electron chi connectivity index (χ0n) is 11.7. The fourth-order valence-electron chi connectivity index (χ4n) is 1.53. The third-order valence-corrected chi connectivity index (χ3v) is 3.58. The van der Waals surface area contributed by atoms with Crippen molar-refractivity contribution < 1.29 is 4.79 Å². The van der Waals surface area contributed by atoms with Crippen LogP contribution >= 0.6 is 11.8 Å². The molecule has 1 aromatic carbocycles. The summed E-state index contributed by atoms with van der Waals surface area (Å²) in [6.45, 7) is 3.74. The normalized spacial score (nSPS) is 11.9. The maximum atomic E-state index is 12.1. The predicted molar refractivity (Wildman–Crippen MR) is 83.8 cm³/mol. The van der Waals surface area contributed by atoms with Gasteiger partial charge < -0.3 is 16.8 Å². The summed E-state index contributed by atoms with van der Waals surface area (Å²) >= 11 is 1.17. The first-order valence-electron chi connectivity index (χ1n) is 6.25. The second-order valence-electron chi connectivity index (χ2n) is 4.45. The molecule has 2 aromatic rings. The lowest BCUT2D eigenvalue weighted by molar-refractivity contribution is -0.115. The van der Waals surface area contributed by atoms with Gasteiger partial charge in [-0.2, -0.15) is 15.0 Å². The van der Waals surface area contributed by atoms with Gasteiger partial charge in [-0.15, -0.1) is 0 Å². The first kappa shape index (κ1) is 15.0. The lowest BCUT2D eigenvalue weighted by Crippen LogP contribution is -2.22. The Morgan fingerprint density at radius 1 is 1.14 bits per heavy atom. The van der Waals surface area contributed by atoms with E-state index in [0.717, 1.165) is 11.3 Å². The maximum absolute atomic E-state index is 12.1. The second kappa shape index (κ2) is 6.40. The van der Waals surface area contributed by atoms with Crippen molar-refractivity contribution in [2.24, 2.45) is 0 Å². The lowest BCUT2D eigenvalue weighted by Gasteiger charge is -2.11. The number of amides is 1. The molecule has 1 heterocycles. The highest BCUT2D eigenvalue weighted by atomic mass is 32.2. The molecule has 0 unspecified atom stereocenters. The van der Waals surface area contributed by atoms with Gasteiger partial charge in [0, 0.05) is 5.69 Å². The van der Waals surface area contributed by atoms with Crippen molar-refractivity contribution in [2.75, 3.05) is 16.8 Å². The van der Waals surface area contributed by atoms with E-state index in [9.17, 15) is 4.79 Å². The Bertz CT molecular complexity index is 625. The Labute approximate surface area is 126 Å². The van der Waals surface area contributed by atoms with Crippen LogP contribution in [0.4, 0.5) is 17.6 Å². The number of nitrogens with two attached hydrogens (primary N) is 2. The van der Waals surface area contributed by atoms with Crippen LogP contribution in [0, 0.1) is 6.92 Å². The monoisotopic (exact) mass is 304 g/mol. The molecule has 0 fully saturated rings. The number of aromatic nitrogens is 3. The van der Waals surface area contributed by atoms with Crippen molar-refractivity contribution in [3.8, 4) is 0 Å². The molecule has 1 atom stereocenters. The summed E-state index contributed by atoms with van der Waals surface area (Å²) in [4.78, 5) is 23.7. The van der Waals surface area contributed by atoms with Crippen LogP contribution in [-0.4, -0.2) is 26.1 Å². The maximum Gasteiger partial charge on any atom is 0.237 e. The standard InChI is InChI=1S/C13H16N6OS/c1-7-3-5-9(6-4-7)16-10(20)8(2)21-13-18-11(14)17-12(15)19-13/h3-6,8H,1-2H3,(H,16,20)(H4,14,15,17,18,19)/t8-/m0/s1. The molecule has 21 heavy (non-hydrogen) atoms. The fraction of sp³-hybridized carbons (Fsp3) is 0.231. The largest absolute Gasteiger partial charge is 0.368 e. The minimum Gasteiger partial charge on any atom is -0.368 e. The average molecular weight is 304 g/mol. The number of anilines is 3. The van der Waals surface area contributed by atoms with Crippen LogP contribution in [0.1, 0.15) is 12.5 Å². The minimum absolute atomic E-state index is 0.0381. The highest BCUT2D eigenvalue weighted by Gasteiger charge is 2.17. The number of hydrogen-bond acceptors (Lipinski definition) is 7. The molecule has 0 aliphatic rings. The van der Waals surface area contributed by atoms with Crippen molar-refractivity contribution in [1.29, 1.82) is 0 Å². The summed E-state index contributed by atoms with van der Waals surface area (Å²) in [5.74, 6) is -0.0753. The van der Waals surface area contributed by atoms with E-state index in [0.29, 0.717) is 5.16 Å². The zero-order chi connectivity index (χ0) is 15.4. The number of aryl methyl sites for hydroxylation is 1. The van der Waals surface area contributed by atoms with Gasteiger partial charge in [0.1, 0.15) is 0 Å². The van der Waals surface area contributed by atoms with E-state index in [4.69, 9.17) is 11.5 Å². The van der Waals surface area contributed by atoms with E-state index in [1.807, 2.05) is 31.2 Å². The molecule has 8 heteroatoms. The average Bonchev–Trinajstić information content (AvgIpc) is 2.40. The highest BCUT2D eigenvalue weighted by molar-refractivity contribution is 8.00. The number of carbonyl (C=O) groups excluding carboxylic acids is 1. The van der Waals surface area contributed by atoms with Crippen molar-refractivity contribution in [1.82, 2.24) is 15.0 Å². The first-order valence-corrected chi connectivity index (χ1v) is 7.13. The number of nitrogen functional groups attached to an aromatic ring is 2. The number of carbonyl (C=O) groups is 1. The summed E-state index contributed by atoms with van der Waals surface area (Å²) in [7, 11) is 0. The van der Waals surface area contributed by atoms with E-state index in [2.05, 4.69) is 20.3 Å². The molecule has 7 nitrogen and oxygen atoms in total. The van der Waals surface area contributed by atoms with E-state index in [-0.39, 0.29) is 17.8 Å². The quantitative estimate of drug-likeness (QED) is 0.731. The third-order valence-electron chi connectivity index (χ3n) is 2.62. The summed E-state index contributed by atoms with van der Waals surface area (Å²) in [6, 6.07) is 7.56. The Morgan fingerprint density at radius 3 is 2.29 bits per heavy atom. The molecule has 0 aliphatic carbocycles. The summed E-state index contributed by atoms with van der Waals surface area (Å²) in [5, 5.41) is 2.75. The number of rotatable bonds is 4. The molecule has 0 bridgehead atoms. The van der Waals surface area contributed by atoms with Gasteiger partial charge in [0.25, 0.3) is 0 Å². The molecule has 0 radical (unpaired) electrons. The van der Waals surface area contributed by atoms with E-state index in [1.54, 1.807) is 6.92 Å². The van der Waals surface area contributed by atoms with E-state index >= 15 is 0 Å². The predicted octanol–water partition coefficient (Wildman–Crippen LogP) is 1.46. The van der Waals surface area contributed by atoms with Crippen LogP contribution in [0.25, 0.3) is 0 Å². The van der Waals surface area contributed by atoms with E-state index < -0.39 is 5.25 Å². The molecule has 0 saturated carbocycles. The van der Waals surface area contributed by atoms with Crippen molar-refractivity contribution >= 4 is 35.3 Å². The topological polar surface area (TPSA) is 120 Å². The van der Waals surface area contributed by atoms with Crippen LogP contribution in [0.3, 0.4) is 0 Å². The first-order chi connectivity index (χ1) is 9.94. The Balaban J connectivity index is 2.00. The van der Waals surface area contributed by atoms with Crippen molar-refractivity contribution in [3.05, 3.63) is 29.8 Å². The van der Waals surface area contributed by atoms with Crippen LogP contribution in [0.15, 0.2) is 29.4 Å². The third kappa shape index (κ3) is 4.32. The molecule has 0 saturated heterocycles. The van der Waals surface area contributed by atoms with Crippen molar-refractivity contribution in [2.45, 2.75) is 24.3 Å². The Morgan fingerprint density at radius 2 is 1.71 bits per heavy atom. The minimum atomic E-state index is -0.396. The summed E-state index contributed by atoms with van der Waals surface area (Å²) in [5.41, 5.74) is 12.9. The van der Waals surface area contributed by atoms with Crippen LogP contribution in [-0.2, 0) is 4.79 Å².